The lowest BCUT2D eigenvalue weighted by Crippen LogP contribution is -2.59. The lowest BCUT2D eigenvalue weighted by Gasteiger charge is -2.36. The molecule has 7 nitrogen and oxygen atoms in total. The van der Waals surface area contributed by atoms with Gasteiger partial charge in [0.2, 0.25) is 5.66 Å². The number of methoxy groups -OCH3 is 1. The number of fused-ring (bicyclic) bond motifs is 2. The van der Waals surface area contributed by atoms with Crippen LogP contribution in [0, 0.1) is 0 Å². The molecule has 1 fully saturated rings. The molecule has 1 atom stereocenters. The molecule has 0 bridgehead atoms. The van der Waals surface area contributed by atoms with Crippen LogP contribution < -0.4 is 15.5 Å². The van der Waals surface area contributed by atoms with Gasteiger partial charge in [0.15, 0.2) is 0 Å². The monoisotopic (exact) mass is 441 g/mol. The second kappa shape index (κ2) is 6.49. The minimum atomic E-state index is -1.82. The average Bonchev–Trinajstić information content (AvgIpc) is 2.82. The molecule has 0 radical (unpaired) electrons. The van der Waals surface area contributed by atoms with Gasteiger partial charge in [-0.05, 0) is 43.3 Å². The third-order valence-electron chi connectivity index (χ3n) is 4.83. The van der Waals surface area contributed by atoms with Crippen molar-refractivity contribution in [3.63, 3.8) is 0 Å². The van der Waals surface area contributed by atoms with Crippen LogP contribution in [0.3, 0.4) is 0 Å². The number of benzene rings is 2. The molecule has 1 saturated heterocycles. The summed E-state index contributed by atoms with van der Waals surface area (Å²) in [6.07, 6.45) is 0. The molecule has 0 saturated carbocycles. The summed E-state index contributed by atoms with van der Waals surface area (Å²) in [5, 5.41) is 6.25. The van der Waals surface area contributed by atoms with E-state index in [1.807, 2.05) is 12.1 Å². The number of esters is 1. The number of ether oxygens (including phenoxy) is 1. The van der Waals surface area contributed by atoms with Gasteiger partial charge in [-0.1, -0.05) is 28.1 Å². The molecule has 2 aliphatic rings. The van der Waals surface area contributed by atoms with Crippen LogP contribution in [0.15, 0.2) is 64.3 Å². The predicted molar refractivity (Wildman–Crippen MR) is 108 cm³/mol. The van der Waals surface area contributed by atoms with Gasteiger partial charge in [-0.15, -0.1) is 0 Å². The Labute approximate surface area is 169 Å². The first-order valence-electron chi connectivity index (χ1n) is 8.48. The van der Waals surface area contributed by atoms with Crippen molar-refractivity contribution in [3.8, 4) is 0 Å². The number of nitrogens with zero attached hydrogens (tertiary/aromatic N) is 1. The van der Waals surface area contributed by atoms with Crippen molar-refractivity contribution in [1.82, 2.24) is 0 Å². The molecule has 2 aromatic carbocycles. The molecule has 142 valence electrons. The van der Waals surface area contributed by atoms with Gasteiger partial charge < -0.3 is 15.4 Å². The molecule has 2 N–H and O–H groups in total. The number of amides is 1. The first kappa shape index (κ1) is 18.2. The molecule has 0 aliphatic carbocycles. The number of Topliss-reactive ketones (excluding diaryl/α,β-unsaturated/α-hetero) is 1. The molecule has 4 rings (SSSR count). The standard InChI is InChI=1S/C20H16BrN3O4/c1-11-16-17(25)18(26)24(13-9-7-12(21)8-10-13)20(16,19(27)28-2)23-15-6-4-3-5-14(15)22-11/h3-10,22-23H,1-2H3. The van der Waals surface area contributed by atoms with Crippen LogP contribution in [-0.2, 0) is 19.1 Å². The normalized spacial score (nSPS) is 20.8. The maximum atomic E-state index is 13.1. The van der Waals surface area contributed by atoms with Gasteiger partial charge in [-0.25, -0.2) is 4.79 Å². The largest absolute Gasteiger partial charge is 0.466 e. The third-order valence-corrected chi connectivity index (χ3v) is 5.36. The van der Waals surface area contributed by atoms with E-state index in [0.717, 1.165) is 9.37 Å². The number of carbonyl (C=O) groups is 3. The van der Waals surface area contributed by atoms with Crippen LogP contribution in [0.25, 0.3) is 0 Å². The Bertz CT molecular complexity index is 1050. The van der Waals surface area contributed by atoms with E-state index in [4.69, 9.17) is 4.74 Å². The Balaban J connectivity index is 2.03. The summed E-state index contributed by atoms with van der Waals surface area (Å²) in [6.45, 7) is 1.66. The topological polar surface area (TPSA) is 87.7 Å². The van der Waals surface area contributed by atoms with Crippen LogP contribution in [0.5, 0.6) is 0 Å². The minimum absolute atomic E-state index is 0.0171. The lowest BCUT2D eigenvalue weighted by atomic mass is 9.97. The number of hydrogen-bond donors (Lipinski definition) is 2. The van der Waals surface area contributed by atoms with Crippen molar-refractivity contribution in [2.45, 2.75) is 12.6 Å². The Kier molecular flexibility index (Phi) is 4.23. The summed E-state index contributed by atoms with van der Waals surface area (Å²) in [5.41, 5.74) is 0.236. The number of halogens is 1. The van der Waals surface area contributed by atoms with E-state index in [1.165, 1.54) is 7.11 Å². The van der Waals surface area contributed by atoms with Crippen LogP contribution in [0.1, 0.15) is 6.92 Å². The fourth-order valence-corrected chi connectivity index (χ4v) is 3.91. The molecule has 1 unspecified atom stereocenters. The van der Waals surface area contributed by atoms with E-state index in [2.05, 4.69) is 26.6 Å². The minimum Gasteiger partial charge on any atom is -0.466 e. The Hall–Kier alpha value is -3.13. The lowest BCUT2D eigenvalue weighted by molar-refractivity contribution is -0.145. The zero-order valence-corrected chi connectivity index (χ0v) is 16.7. The molecule has 2 heterocycles. The second-order valence-electron chi connectivity index (χ2n) is 6.44. The molecule has 2 aromatic rings. The quantitative estimate of drug-likeness (QED) is 0.549. The van der Waals surface area contributed by atoms with Gasteiger partial charge in [0.25, 0.3) is 5.78 Å². The van der Waals surface area contributed by atoms with Crippen LogP contribution in [0.4, 0.5) is 17.1 Å². The van der Waals surface area contributed by atoms with Crippen molar-refractivity contribution < 1.29 is 19.1 Å². The Morgan fingerprint density at radius 1 is 1.07 bits per heavy atom. The number of nitrogens with one attached hydrogen (secondary N) is 2. The smallest absolute Gasteiger partial charge is 0.358 e. The zero-order chi connectivity index (χ0) is 20.1. The molecular weight excluding hydrogens is 426 g/mol. The molecule has 1 amide bonds. The van der Waals surface area contributed by atoms with Crippen molar-refractivity contribution in [2.75, 3.05) is 22.6 Å². The van der Waals surface area contributed by atoms with Crippen LogP contribution in [-0.4, -0.2) is 30.4 Å². The average molecular weight is 442 g/mol. The molecular formula is C20H16BrN3O4. The molecule has 0 spiro atoms. The number of rotatable bonds is 2. The van der Waals surface area contributed by atoms with E-state index in [1.54, 1.807) is 43.3 Å². The Morgan fingerprint density at radius 3 is 2.36 bits per heavy atom. The van der Waals surface area contributed by atoms with Crippen LogP contribution in [0.2, 0.25) is 0 Å². The predicted octanol–water partition coefficient (Wildman–Crippen LogP) is 3.05. The van der Waals surface area contributed by atoms with Gasteiger partial charge in [0.05, 0.1) is 24.1 Å². The highest BCUT2D eigenvalue weighted by Gasteiger charge is 2.63. The maximum absolute atomic E-state index is 13.1. The highest BCUT2D eigenvalue weighted by Crippen LogP contribution is 2.44. The number of carbonyl (C=O) groups excluding carboxylic acids is 3. The number of para-hydroxylation sites is 2. The SMILES string of the molecule is COC(=O)C12Nc3ccccc3NC(C)=C1C(=O)C(=O)N2c1ccc(Br)cc1. The molecule has 8 heteroatoms. The van der Waals surface area contributed by atoms with E-state index >= 15 is 0 Å². The summed E-state index contributed by atoms with van der Waals surface area (Å²) in [5.74, 6) is -2.34. The van der Waals surface area contributed by atoms with E-state index in [0.29, 0.717) is 22.8 Å². The van der Waals surface area contributed by atoms with E-state index < -0.39 is 23.3 Å². The summed E-state index contributed by atoms with van der Waals surface area (Å²) in [7, 11) is 1.23. The first-order chi connectivity index (χ1) is 13.4. The van der Waals surface area contributed by atoms with Gasteiger partial charge in [0, 0.05) is 15.9 Å². The highest BCUT2D eigenvalue weighted by atomic mass is 79.9. The van der Waals surface area contributed by atoms with Crippen molar-refractivity contribution in [2.24, 2.45) is 0 Å². The van der Waals surface area contributed by atoms with Gasteiger partial charge >= 0.3 is 11.9 Å². The number of allylic oxidation sites excluding steroid dienone is 1. The second-order valence-corrected chi connectivity index (χ2v) is 7.36. The third kappa shape index (κ3) is 2.45. The fraction of sp³-hybridized carbons (Fsp3) is 0.150. The molecule has 2 aliphatic heterocycles. The summed E-state index contributed by atoms with van der Waals surface area (Å²) in [6, 6.07) is 14.0. The summed E-state index contributed by atoms with van der Waals surface area (Å²) < 4.78 is 5.87. The van der Waals surface area contributed by atoms with E-state index in [9.17, 15) is 14.4 Å². The molecule has 0 aromatic heterocycles. The maximum Gasteiger partial charge on any atom is 0.358 e. The van der Waals surface area contributed by atoms with Crippen molar-refractivity contribution >= 4 is 50.7 Å². The number of ketones is 1. The summed E-state index contributed by atoms with van der Waals surface area (Å²) in [4.78, 5) is 40.3. The number of hydrogen-bond acceptors (Lipinski definition) is 6. The van der Waals surface area contributed by atoms with E-state index in [-0.39, 0.29) is 5.57 Å². The van der Waals surface area contributed by atoms with Gasteiger partial charge in [0.1, 0.15) is 0 Å². The van der Waals surface area contributed by atoms with Gasteiger partial charge in [-0.3, -0.25) is 14.5 Å². The van der Waals surface area contributed by atoms with Crippen molar-refractivity contribution in [3.05, 3.63) is 64.3 Å². The summed E-state index contributed by atoms with van der Waals surface area (Å²) >= 11 is 3.35. The Morgan fingerprint density at radius 2 is 1.71 bits per heavy atom. The first-order valence-corrected chi connectivity index (χ1v) is 9.28. The zero-order valence-electron chi connectivity index (χ0n) is 15.1. The van der Waals surface area contributed by atoms with Crippen molar-refractivity contribution in [1.29, 1.82) is 0 Å². The highest BCUT2D eigenvalue weighted by molar-refractivity contribution is 9.10. The van der Waals surface area contributed by atoms with Crippen LogP contribution >= 0.6 is 15.9 Å². The van der Waals surface area contributed by atoms with Gasteiger partial charge in [-0.2, -0.15) is 0 Å². The molecule has 28 heavy (non-hydrogen) atoms. The number of anilines is 3. The fourth-order valence-electron chi connectivity index (χ4n) is 3.65.